The number of hydrogen-bond acceptors (Lipinski definition) is 5. The van der Waals surface area contributed by atoms with Crippen LogP contribution < -0.4 is 10.1 Å². The normalized spacial score (nSPS) is 10.6. The standard InChI is InChI=1S/C17H16N4O4/c1-11-4-3-7-20-10-12(18-17(11)20)8-16(22)19-14-6-5-13(25-2)9-15(14)21(23)24/h3-7,9-10H,8H2,1-2H3,(H,19,22). The lowest BCUT2D eigenvalue weighted by molar-refractivity contribution is -0.384. The number of carbonyl (C=O) groups is 1. The minimum absolute atomic E-state index is 0.0182. The zero-order valence-corrected chi connectivity index (χ0v) is 13.7. The molecule has 0 saturated carbocycles. The van der Waals surface area contributed by atoms with Crippen molar-refractivity contribution in [3.05, 3.63) is 64.1 Å². The maximum absolute atomic E-state index is 12.3. The molecule has 8 nitrogen and oxygen atoms in total. The fourth-order valence-corrected chi connectivity index (χ4v) is 2.54. The largest absolute Gasteiger partial charge is 0.496 e. The Morgan fingerprint density at radius 3 is 2.88 bits per heavy atom. The predicted molar refractivity (Wildman–Crippen MR) is 91.9 cm³/mol. The van der Waals surface area contributed by atoms with E-state index in [1.165, 1.54) is 19.2 Å². The number of fused-ring (bicyclic) bond motifs is 1. The van der Waals surface area contributed by atoms with Gasteiger partial charge in [0.1, 0.15) is 17.1 Å². The number of benzene rings is 1. The summed E-state index contributed by atoms with van der Waals surface area (Å²) in [6, 6.07) is 8.10. The van der Waals surface area contributed by atoms with Gasteiger partial charge in [0.2, 0.25) is 5.91 Å². The number of nitrogens with one attached hydrogen (secondary N) is 1. The summed E-state index contributed by atoms with van der Waals surface area (Å²) in [7, 11) is 1.42. The SMILES string of the molecule is COc1ccc(NC(=O)Cc2cn3cccc(C)c3n2)c([N+](=O)[O-])c1. The lowest BCUT2D eigenvalue weighted by atomic mass is 10.2. The molecule has 3 aromatic rings. The molecule has 0 spiro atoms. The van der Waals surface area contributed by atoms with Gasteiger partial charge in [-0.15, -0.1) is 0 Å². The van der Waals surface area contributed by atoms with E-state index in [2.05, 4.69) is 10.3 Å². The molecule has 0 saturated heterocycles. The summed E-state index contributed by atoms with van der Waals surface area (Å²) >= 11 is 0. The number of nitro groups is 1. The molecule has 0 atom stereocenters. The second-order valence-electron chi connectivity index (χ2n) is 5.52. The average molecular weight is 340 g/mol. The number of anilines is 1. The molecule has 0 unspecified atom stereocenters. The number of amides is 1. The molecule has 2 aromatic heterocycles. The first-order chi connectivity index (χ1) is 12.0. The number of nitro benzene ring substituents is 1. The number of pyridine rings is 1. The Morgan fingerprint density at radius 2 is 2.20 bits per heavy atom. The first kappa shape index (κ1) is 16.4. The summed E-state index contributed by atoms with van der Waals surface area (Å²) < 4.78 is 6.82. The Bertz CT molecular complexity index is 964. The summed E-state index contributed by atoms with van der Waals surface area (Å²) in [5.74, 6) is -0.0325. The molecule has 0 radical (unpaired) electrons. The first-order valence-corrected chi connectivity index (χ1v) is 7.53. The predicted octanol–water partition coefficient (Wildman–Crippen LogP) is 2.74. The average Bonchev–Trinajstić information content (AvgIpc) is 2.98. The number of hydrogen-bond donors (Lipinski definition) is 1. The van der Waals surface area contributed by atoms with Crippen molar-refractivity contribution in [1.29, 1.82) is 0 Å². The topological polar surface area (TPSA) is 98.8 Å². The highest BCUT2D eigenvalue weighted by molar-refractivity contribution is 5.94. The maximum Gasteiger partial charge on any atom is 0.296 e. The van der Waals surface area contributed by atoms with E-state index in [-0.39, 0.29) is 23.7 Å². The molecule has 8 heteroatoms. The van der Waals surface area contributed by atoms with Crippen LogP contribution in [-0.4, -0.2) is 27.3 Å². The molecule has 1 aromatic carbocycles. The van der Waals surface area contributed by atoms with Crippen LogP contribution in [0.4, 0.5) is 11.4 Å². The molecule has 1 N–H and O–H groups in total. The van der Waals surface area contributed by atoms with E-state index in [9.17, 15) is 14.9 Å². The smallest absolute Gasteiger partial charge is 0.296 e. The molecular formula is C17H16N4O4. The van der Waals surface area contributed by atoms with Crippen LogP contribution in [0.25, 0.3) is 5.65 Å². The Morgan fingerprint density at radius 1 is 1.40 bits per heavy atom. The van der Waals surface area contributed by atoms with E-state index in [1.54, 1.807) is 12.3 Å². The molecule has 0 aliphatic rings. The van der Waals surface area contributed by atoms with Crippen LogP contribution in [0.2, 0.25) is 0 Å². The quantitative estimate of drug-likeness (QED) is 0.569. The highest BCUT2D eigenvalue weighted by Crippen LogP contribution is 2.29. The third kappa shape index (κ3) is 3.42. The van der Waals surface area contributed by atoms with Gasteiger partial charge in [-0.25, -0.2) is 4.98 Å². The van der Waals surface area contributed by atoms with Gasteiger partial charge in [-0.2, -0.15) is 0 Å². The molecule has 0 aliphatic carbocycles. The van der Waals surface area contributed by atoms with Gasteiger partial charge in [0.05, 0.1) is 30.2 Å². The molecule has 128 valence electrons. The number of imidazole rings is 1. The molecule has 0 fully saturated rings. The van der Waals surface area contributed by atoms with Crippen LogP contribution in [0.3, 0.4) is 0 Å². The number of aromatic nitrogens is 2. The van der Waals surface area contributed by atoms with E-state index < -0.39 is 4.92 Å². The van der Waals surface area contributed by atoms with Gasteiger partial charge in [-0.3, -0.25) is 14.9 Å². The Balaban J connectivity index is 1.80. The van der Waals surface area contributed by atoms with Crippen LogP contribution in [0.15, 0.2) is 42.7 Å². The van der Waals surface area contributed by atoms with Crippen LogP contribution in [0, 0.1) is 17.0 Å². The number of ether oxygens (including phenoxy) is 1. The van der Waals surface area contributed by atoms with Crippen LogP contribution >= 0.6 is 0 Å². The van der Waals surface area contributed by atoms with Crippen LogP contribution in [-0.2, 0) is 11.2 Å². The van der Waals surface area contributed by atoms with Crippen molar-refractivity contribution < 1.29 is 14.5 Å². The summed E-state index contributed by atoms with van der Waals surface area (Å²) in [5, 5.41) is 13.7. The zero-order chi connectivity index (χ0) is 18.0. The minimum Gasteiger partial charge on any atom is -0.496 e. The van der Waals surface area contributed by atoms with Crippen LogP contribution in [0.5, 0.6) is 5.75 Å². The lowest BCUT2D eigenvalue weighted by Gasteiger charge is -2.06. The second kappa shape index (κ2) is 6.60. The molecule has 2 heterocycles. The molecule has 25 heavy (non-hydrogen) atoms. The first-order valence-electron chi connectivity index (χ1n) is 7.53. The van der Waals surface area contributed by atoms with Gasteiger partial charge in [0, 0.05) is 12.4 Å². The third-order valence-corrected chi connectivity index (χ3v) is 3.75. The highest BCUT2D eigenvalue weighted by Gasteiger charge is 2.18. The van der Waals surface area contributed by atoms with Gasteiger partial charge >= 0.3 is 0 Å². The number of rotatable bonds is 5. The Kier molecular flexibility index (Phi) is 4.34. The fourth-order valence-electron chi connectivity index (χ4n) is 2.54. The van der Waals surface area contributed by atoms with E-state index >= 15 is 0 Å². The van der Waals surface area contributed by atoms with Crippen molar-refractivity contribution in [3.63, 3.8) is 0 Å². The lowest BCUT2D eigenvalue weighted by Crippen LogP contribution is -2.15. The minimum atomic E-state index is -0.563. The Labute approximate surface area is 143 Å². The van der Waals surface area contributed by atoms with Gasteiger partial charge in [0.25, 0.3) is 5.69 Å². The van der Waals surface area contributed by atoms with Crippen molar-refractivity contribution in [2.45, 2.75) is 13.3 Å². The van der Waals surface area contributed by atoms with E-state index in [0.717, 1.165) is 11.2 Å². The van der Waals surface area contributed by atoms with E-state index in [4.69, 9.17) is 4.74 Å². The molecule has 3 rings (SSSR count). The molecule has 0 aliphatic heterocycles. The van der Waals surface area contributed by atoms with Gasteiger partial charge in [0.15, 0.2) is 0 Å². The van der Waals surface area contributed by atoms with Gasteiger partial charge in [-0.1, -0.05) is 6.07 Å². The van der Waals surface area contributed by atoms with Crippen molar-refractivity contribution in [3.8, 4) is 5.75 Å². The summed E-state index contributed by atoms with van der Waals surface area (Å²) in [4.78, 5) is 27.3. The molecular weight excluding hydrogens is 324 g/mol. The summed E-state index contributed by atoms with van der Waals surface area (Å²) in [6.45, 7) is 1.94. The molecule has 1 amide bonds. The number of methoxy groups -OCH3 is 1. The van der Waals surface area contributed by atoms with E-state index in [0.29, 0.717) is 11.4 Å². The highest BCUT2D eigenvalue weighted by atomic mass is 16.6. The number of carbonyl (C=O) groups excluding carboxylic acids is 1. The van der Waals surface area contributed by atoms with Crippen molar-refractivity contribution in [2.24, 2.45) is 0 Å². The number of nitrogens with zero attached hydrogens (tertiary/aromatic N) is 3. The van der Waals surface area contributed by atoms with E-state index in [1.807, 2.05) is 29.7 Å². The van der Waals surface area contributed by atoms with Crippen molar-refractivity contribution in [2.75, 3.05) is 12.4 Å². The van der Waals surface area contributed by atoms with Crippen LogP contribution in [0.1, 0.15) is 11.3 Å². The Hall–Kier alpha value is -3.42. The maximum atomic E-state index is 12.3. The summed E-state index contributed by atoms with van der Waals surface area (Å²) in [5.41, 5.74) is 2.26. The van der Waals surface area contributed by atoms with Gasteiger partial charge in [-0.05, 0) is 30.7 Å². The molecule has 0 bridgehead atoms. The van der Waals surface area contributed by atoms with Crippen molar-refractivity contribution >= 4 is 22.9 Å². The third-order valence-electron chi connectivity index (χ3n) is 3.75. The second-order valence-corrected chi connectivity index (χ2v) is 5.52. The van der Waals surface area contributed by atoms with Crippen molar-refractivity contribution in [1.82, 2.24) is 9.38 Å². The monoisotopic (exact) mass is 340 g/mol. The fraction of sp³-hybridized carbons (Fsp3) is 0.176. The number of aryl methyl sites for hydroxylation is 1. The summed E-state index contributed by atoms with van der Waals surface area (Å²) in [6.07, 6.45) is 3.64. The van der Waals surface area contributed by atoms with Gasteiger partial charge < -0.3 is 14.5 Å². The zero-order valence-electron chi connectivity index (χ0n) is 13.7.